The van der Waals surface area contributed by atoms with Gasteiger partial charge in [-0.25, -0.2) is 0 Å². The number of morpholine rings is 1. The normalized spacial score (nSPS) is 21.9. The number of hydrogen-bond donors (Lipinski definition) is 1. The van der Waals surface area contributed by atoms with Gasteiger partial charge in [0.15, 0.2) is 0 Å². The van der Waals surface area contributed by atoms with Gasteiger partial charge in [-0.05, 0) is 31.4 Å². The van der Waals surface area contributed by atoms with Gasteiger partial charge in [-0.1, -0.05) is 25.1 Å². The summed E-state index contributed by atoms with van der Waals surface area (Å²) in [5.41, 5.74) is 8.78. The first-order chi connectivity index (χ1) is 8.70. The highest BCUT2D eigenvalue weighted by Gasteiger charge is 2.19. The first kappa shape index (κ1) is 13.4. The van der Waals surface area contributed by atoms with Crippen molar-refractivity contribution in [3.63, 3.8) is 0 Å². The van der Waals surface area contributed by atoms with Gasteiger partial charge < -0.3 is 15.4 Å². The minimum atomic E-state index is 0.254. The van der Waals surface area contributed by atoms with Crippen LogP contribution in [0.25, 0.3) is 0 Å². The summed E-state index contributed by atoms with van der Waals surface area (Å²) in [6, 6.07) is 8.87. The zero-order valence-electron chi connectivity index (χ0n) is 11.4. The molecule has 1 saturated heterocycles. The SMILES string of the molecule is CCC(N)Cc1ccccc1N1CCOC(C)C1. The molecule has 2 rings (SSSR count). The van der Waals surface area contributed by atoms with Crippen LogP contribution in [0.4, 0.5) is 5.69 Å². The fourth-order valence-electron chi connectivity index (χ4n) is 2.46. The number of nitrogens with zero attached hydrogens (tertiary/aromatic N) is 1. The van der Waals surface area contributed by atoms with Gasteiger partial charge in [0.2, 0.25) is 0 Å². The summed E-state index contributed by atoms with van der Waals surface area (Å²) >= 11 is 0. The van der Waals surface area contributed by atoms with Crippen LogP contribution in [0.2, 0.25) is 0 Å². The van der Waals surface area contributed by atoms with Gasteiger partial charge >= 0.3 is 0 Å². The summed E-state index contributed by atoms with van der Waals surface area (Å²) < 4.78 is 5.61. The zero-order valence-corrected chi connectivity index (χ0v) is 11.4. The monoisotopic (exact) mass is 248 g/mol. The molecule has 1 aliphatic heterocycles. The lowest BCUT2D eigenvalue weighted by Gasteiger charge is -2.34. The number of rotatable bonds is 4. The lowest BCUT2D eigenvalue weighted by atomic mass is 10.0. The van der Waals surface area contributed by atoms with Crippen LogP contribution in [0.3, 0.4) is 0 Å². The molecular formula is C15H24N2O. The van der Waals surface area contributed by atoms with E-state index in [1.54, 1.807) is 0 Å². The van der Waals surface area contributed by atoms with E-state index in [2.05, 4.69) is 43.0 Å². The number of anilines is 1. The number of ether oxygens (including phenoxy) is 1. The lowest BCUT2D eigenvalue weighted by molar-refractivity contribution is 0.0531. The molecule has 1 aliphatic rings. The van der Waals surface area contributed by atoms with E-state index in [4.69, 9.17) is 10.5 Å². The van der Waals surface area contributed by atoms with Crippen LogP contribution in [-0.4, -0.2) is 31.8 Å². The highest BCUT2D eigenvalue weighted by Crippen LogP contribution is 2.24. The molecule has 18 heavy (non-hydrogen) atoms. The number of hydrogen-bond acceptors (Lipinski definition) is 3. The van der Waals surface area contributed by atoms with E-state index in [0.717, 1.165) is 32.5 Å². The minimum absolute atomic E-state index is 0.254. The third-order valence-corrected chi connectivity index (χ3v) is 3.58. The van der Waals surface area contributed by atoms with Crippen LogP contribution in [0.15, 0.2) is 24.3 Å². The van der Waals surface area contributed by atoms with E-state index < -0.39 is 0 Å². The Bertz CT molecular complexity index is 381. The summed E-state index contributed by atoms with van der Waals surface area (Å²) in [7, 11) is 0. The van der Waals surface area contributed by atoms with Crippen molar-refractivity contribution in [2.24, 2.45) is 5.73 Å². The van der Waals surface area contributed by atoms with E-state index in [-0.39, 0.29) is 6.04 Å². The maximum absolute atomic E-state index is 6.09. The van der Waals surface area contributed by atoms with Crippen LogP contribution in [0.1, 0.15) is 25.8 Å². The predicted octanol–water partition coefficient (Wildman–Crippen LogP) is 2.19. The number of nitrogens with two attached hydrogens (primary N) is 1. The molecule has 0 spiro atoms. The average molecular weight is 248 g/mol. The van der Waals surface area contributed by atoms with E-state index in [0.29, 0.717) is 6.10 Å². The Morgan fingerprint density at radius 2 is 2.22 bits per heavy atom. The van der Waals surface area contributed by atoms with Crippen molar-refractivity contribution < 1.29 is 4.74 Å². The maximum atomic E-state index is 6.09. The van der Waals surface area contributed by atoms with Crippen molar-refractivity contribution in [2.75, 3.05) is 24.6 Å². The maximum Gasteiger partial charge on any atom is 0.0722 e. The molecule has 3 nitrogen and oxygen atoms in total. The molecule has 0 radical (unpaired) electrons. The Hall–Kier alpha value is -1.06. The van der Waals surface area contributed by atoms with Crippen LogP contribution in [0, 0.1) is 0 Å². The molecule has 2 unspecified atom stereocenters. The van der Waals surface area contributed by atoms with Crippen LogP contribution in [-0.2, 0) is 11.2 Å². The van der Waals surface area contributed by atoms with Gasteiger partial charge in [-0.3, -0.25) is 0 Å². The Balaban J connectivity index is 2.15. The highest BCUT2D eigenvalue weighted by molar-refractivity contribution is 5.54. The van der Waals surface area contributed by atoms with Crippen molar-refractivity contribution in [1.29, 1.82) is 0 Å². The molecule has 0 aliphatic carbocycles. The van der Waals surface area contributed by atoms with E-state index >= 15 is 0 Å². The summed E-state index contributed by atoms with van der Waals surface area (Å²) in [6.45, 7) is 7.03. The molecule has 0 saturated carbocycles. The molecular weight excluding hydrogens is 224 g/mol. The van der Waals surface area contributed by atoms with Gasteiger partial charge in [-0.15, -0.1) is 0 Å². The van der Waals surface area contributed by atoms with Gasteiger partial charge in [0.25, 0.3) is 0 Å². The predicted molar refractivity (Wildman–Crippen MR) is 76.0 cm³/mol. The average Bonchev–Trinajstić information content (AvgIpc) is 2.39. The topological polar surface area (TPSA) is 38.5 Å². The first-order valence-electron chi connectivity index (χ1n) is 6.90. The molecule has 0 bridgehead atoms. The standard InChI is InChI=1S/C15H24N2O/c1-3-14(16)10-13-6-4-5-7-15(13)17-8-9-18-12(2)11-17/h4-7,12,14H,3,8-11,16H2,1-2H3. The second kappa shape index (κ2) is 6.21. The molecule has 2 N–H and O–H groups in total. The Labute approximate surface area is 110 Å². The molecule has 2 atom stereocenters. The van der Waals surface area contributed by atoms with Crippen molar-refractivity contribution in [1.82, 2.24) is 0 Å². The molecule has 0 aromatic heterocycles. The summed E-state index contributed by atoms with van der Waals surface area (Å²) in [5, 5.41) is 0. The van der Waals surface area contributed by atoms with Crippen LogP contribution < -0.4 is 10.6 Å². The van der Waals surface area contributed by atoms with E-state index in [1.165, 1.54) is 11.3 Å². The molecule has 1 aromatic rings. The molecule has 1 aromatic carbocycles. The lowest BCUT2D eigenvalue weighted by Crippen LogP contribution is -2.41. The molecule has 0 amide bonds. The van der Waals surface area contributed by atoms with Crippen LogP contribution in [0.5, 0.6) is 0 Å². The highest BCUT2D eigenvalue weighted by atomic mass is 16.5. The van der Waals surface area contributed by atoms with Gasteiger partial charge in [0.05, 0.1) is 12.7 Å². The van der Waals surface area contributed by atoms with Gasteiger partial charge in [0, 0.05) is 24.8 Å². The van der Waals surface area contributed by atoms with Gasteiger partial charge in [-0.2, -0.15) is 0 Å². The Morgan fingerprint density at radius 3 is 2.94 bits per heavy atom. The van der Waals surface area contributed by atoms with Crippen molar-refractivity contribution >= 4 is 5.69 Å². The molecule has 1 fully saturated rings. The number of benzene rings is 1. The minimum Gasteiger partial charge on any atom is -0.375 e. The molecule has 1 heterocycles. The second-order valence-electron chi connectivity index (χ2n) is 5.13. The number of para-hydroxylation sites is 1. The third-order valence-electron chi connectivity index (χ3n) is 3.58. The summed E-state index contributed by atoms with van der Waals surface area (Å²) in [4.78, 5) is 2.42. The van der Waals surface area contributed by atoms with Crippen molar-refractivity contribution in [3.8, 4) is 0 Å². The smallest absolute Gasteiger partial charge is 0.0722 e. The fraction of sp³-hybridized carbons (Fsp3) is 0.600. The van der Waals surface area contributed by atoms with Crippen molar-refractivity contribution in [2.45, 2.75) is 38.8 Å². The molecule has 3 heteroatoms. The Morgan fingerprint density at radius 1 is 1.44 bits per heavy atom. The second-order valence-corrected chi connectivity index (χ2v) is 5.13. The van der Waals surface area contributed by atoms with E-state index in [9.17, 15) is 0 Å². The zero-order chi connectivity index (χ0) is 13.0. The van der Waals surface area contributed by atoms with Crippen LogP contribution >= 0.6 is 0 Å². The Kier molecular flexibility index (Phi) is 4.61. The quantitative estimate of drug-likeness (QED) is 0.887. The first-order valence-corrected chi connectivity index (χ1v) is 6.90. The summed E-state index contributed by atoms with van der Waals surface area (Å²) in [6.07, 6.45) is 2.29. The van der Waals surface area contributed by atoms with Crippen molar-refractivity contribution in [3.05, 3.63) is 29.8 Å². The van der Waals surface area contributed by atoms with Gasteiger partial charge in [0.1, 0.15) is 0 Å². The third kappa shape index (κ3) is 3.24. The molecule has 100 valence electrons. The fourth-order valence-corrected chi connectivity index (χ4v) is 2.46. The largest absolute Gasteiger partial charge is 0.375 e. The summed E-state index contributed by atoms with van der Waals surface area (Å²) in [5.74, 6) is 0. The van der Waals surface area contributed by atoms with E-state index in [1.807, 2.05) is 0 Å².